The van der Waals surface area contributed by atoms with Crippen molar-refractivity contribution in [3.8, 4) is 0 Å². The second-order valence-corrected chi connectivity index (χ2v) is 4.51. The van der Waals surface area contributed by atoms with E-state index in [1.807, 2.05) is 0 Å². The first-order valence-electron chi connectivity index (χ1n) is 5.20. The molecule has 0 radical (unpaired) electrons. The van der Waals surface area contributed by atoms with Gasteiger partial charge >= 0.3 is 0 Å². The second-order valence-electron chi connectivity index (χ2n) is 4.10. The zero-order valence-corrected chi connectivity index (χ0v) is 9.50. The Kier molecular flexibility index (Phi) is 3.12. The molecule has 1 aliphatic rings. The topological polar surface area (TPSA) is 62.2 Å². The fourth-order valence-electron chi connectivity index (χ4n) is 1.78. The summed E-state index contributed by atoms with van der Waals surface area (Å²) in [6.07, 6.45) is 5.62. The summed E-state index contributed by atoms with van der Waals surface area (Å²) in [4.78, 5) is 15.7. The van der Waals surface area contributed by atoms with E-state index in [9.17, 15) is 9.90 Å². The number of carbonyl (C=O) groups is 1. The van der Waals surface area contributed by atoms with Crippen LogP contribution < -0.4 is 5.32 Å². The van der Waals surface area contributed by atoms with Gasteiger partial charge in [-0.15, -0.1) is 0 Å². The van der Waals surface area contributed by atoms with Gasteiger partial charge in [0.05, 0.1) is 22.7 Å². The van der Waals surface area contributed by atoms with Gasteiger partial charge in [-0.05, 0) is 25.3 Å². The highest BCUT2D eigenvalue weighted by molar-refractivity contribution is 6.33. The maximum Gasteiger partial charge on any atom is 0.254 e. The summed E-state index contributed by atoms with van der Waals surface area (Å²) in [6, 6.07) is 1.57. The van der Waals surface area contributed by atoms with Crippen LogP contribution in [0.25, 0.3) is 0 Å². The minimum absolute atomic E-state index is 0.0311. The molecular formula is C11H13ClN2O2. The molecule has 86 valence electrons. The SMILES string of the molecule is O=C(NC1(CO)CCC1)c1cnccc1Cl. The van der Waals surface area contributed by atoms with Gasteiger partial charge in [-0.1, -0.05) is 11.6 Å². The lowest BCUT2D eigenvalue weighted by Crippen LogP contribution is -2.56. The number of halogens is 1. The third kappa shape index (κ3) is 2.03. The summed E-state index contributed by atoms with van der Waals surface area (Å²) in [5.74, 6) is -0.271. The van der Waals surface area contributed by atoms with E-state index in [2.05, 4.69) is 10.3 Å². The zero-order valence-electron chi connectivity index (χ0n) is 8.74. The normalized spacial score (nSPS) is 17.6. The van der Waals surface area contributed by atoms with E-state index in [-0.39, 0.29) is 12.5 Å². The maximum absolute atomic E-state index is 11.9. The lowest BCUT2D eigenvalue weighted by Gasteiger charge is -2.40. The monoisotopic (exact) mass is 240 g/mol. The Labute approximate surface area is 98.6 Å². The number of nitrogens with zero attached hydrogens (tertiary/aromatic N) is 1. The number of amides is 1. The van der Waals surface area contributed by atoms with Gasteiger partial charge in [0.15, 0.2) is 0 Å². The molecule has 1 aromatic heterocycles. The number of pyridine rings is 1. The van der Waals surface area contributed by atoms with Crippen LogP contribution in [0, 0.1) is 0 Å². The highest BCUT2D eigenvalue weighted by Crippen LogP contribution is 2.31. The molecule has 1 aromatic rings. The Morgan fingerprint density at radius 2 is 2.38 bits per heavy atom. The quantitative estimate of drug-likeness (QED) is 0.839. The summed E-state index contributed by atoms with van der Waals surface area (Å²) in [5.41, 5.74) is -0.0973. The highest BCUT2D eigenvalue weighted by Gasteiger charge is 2.38. The van der Waals surface area contributed by atoms with E-state index >= 15 is 0 Å². The van der Waals surface area contributed by atoms with Crippen LogP contribution in [0.3, 0.4) is 0 Å². The molecule has 0 aliphatic heterocycles. The average Bonchev–Trinajstić information content (AvgIpc) is 2.24. The van der Waals surface area contributed by atoms with Crippen LogP contribution in [0.1, 0.15) is 29.6 Å². The maximum atomic E-state index is 11.9. The Hall–Kier alpha value is -1.13. The van der Waals surface area contributed by atoms with E-state index in [1.54, 1.807) is 6.07 Å². The molecule has 0 bridgehead atoms. The van der Waals surface area contributed by atoms with Gasteiger partial charge in [0.1, 0.15) is 0 Å². The van der Waals surface area contributed by atoms with Gasteiger partial charge in [0.25, 0.3) is 5.91 Å². The number of nitrogens with one attached hydrogen (secondary N) is 1. The molecule has 1 saturated carbocycles. The van der Waals surface area contributed by atoms with Crippen molar-refractivity contribution in [1.82, 2.24) is 10.3 Å². The number of aliphatic hydroxyl groups is 1. The van der Waals surface area contributed by atoms with Crippen molar-refractivity contribution >= 4 is 17.5 Å². The lowest BCUT2D eigenvalue weighted by atomic mass is 9.77. The van der Waals surface area contributed by atoms with Crippen LogP contribution in [-0.4, -0.2) is 28.1 Å². The largest absolute Gasteiger partial charge is 0.394 e. The molecule has 5 heteroatoms. The van der Waals surface area contributed by atoms with E-state index < -0.39 is 5.54 Å². The van der Waals surface area contributed by atoms with Crippen molar-refractivity contribution in [2.24, 2.45) is 0 Å². The average molecular weight is 241 g/mol. The molecule has 0 unspecified atom stereocenters. The van der Waals surface area contributed by atoms with E-state index in [1.165, 1.54) is 12.4 Å². The van der Waals surface area contributed by atoms with Crippen LogP contribution in [0.2, 0.25) is 5.02 Å². The Morgan fingerprint density at radius 3 is 2.88 bits per heavy atom. The number of rotatable bonds is 3. The minimum Gasteiger partial charge on any atom is -0.394 e. The molecule has 1 amide bonds. The van der Waals surface area contributed by atoms with Crippen molar-refractivity contribution in [3.63, 3.8) is 0 Å². The van der Waals surface area contributed by atoms with Crippen LogP contribution in [-0.2, 0) is 0 Å². The molecule has 2 N–H and O–H groups in total. The molecule has 1 aliphatic carbocycles. The minimum atomic E-state index is -0.448. The molecule has 1 fully saturated rings. The van der Waals surface area contributed by atoms with Gasteiger partial charge in [0.2, 0.25) is 0 Å². The summed E-state index contributed by atoms with van der Waals surface area (Å²) in [6.45, 7) is -0.0311. The summed E-state index contributed by atoms with van der Waals surface area (Å²) < 4.78 is 0. The predicted octanol–water partition coefficient (Wildman–Crippen LogP) is 1.38. The first-order valence-corrected chi connectivity index (χ1v) is 5.58. The van der Waals surface area contributed by atoms with Crippen LogP contribution in [0.5, 0.6) is 0 Å². The standard InChI is InChI=1S/C11H13ClN2O2/c12-9-2-5-13-6-8(9)10(16)14-11(7-15)3-1-4-11/h2,5-6,15H,1,3-4,7H2,(H,14,16). The molecule has 0 spiro atoms. The molecule has 16 heavy (non-hydrogen) atoms. The lowest BCUT2D eigenvalue weighted by molar-refractivity contribution is 0.0641. The molecule has 0 saturated heterocycles. The van der Waals surface area contributed by atoms with Crippen LogP contribution in [0.15, 0.2) is 18.5 Å². The second kappa shape index (κ2) is 4.39. The molecule has 1 heterocycles. The third-order valence-electron chi connectivity index (χ3n) is 3.00. The van der Waals surface area contributed by atoms with E-state index in [0.717, 1.165) is 19.3 Å². The third-order valence-corrected chi connectivity index (χ3v) is 3.33. The van der Waals surface area contributed by atoms with Gasteiger partial charge < -0.3 is 10.4 Å². The Bertz CT molecular complexity index is 399. The number of hydrogen-bond acceptors (Lipinski definition) is 3. The van der Waals surface area contributed by atoms with Crippen molar-refractivity contribution < 1.29 is 9.90 Å². The fraction of sp³-hybridized carbons (Fsp3) is 0.455. The van der Waals surface area contributed by atoms with Gasteiger partial charge in [-0.3, -0.25) is 9.78 Å². The zero-order chi connectivity index (χ0) is 11.6. The van der Waals surface area contributed by atoms with E-state index in [4.69, 9.17) is 11.6 Å². The molecule has 4 nitrogen and oxygen atoms in total. The predicted molar refractivity (Wildman–Crippen MR) is 60.4 cm³/mol. The van der Waals surface area contributed by atoms with Crippen molar-refractivity contribution in [2.45, 2.75) is 24.8 Å². The molecule has 0 atom stereocenters. The Balaban J connectivity index is 2.11. The highest BCUT2D eigenvalue weighted by atomic mass is 35.5. The summed E-state index contributed by atoms with van der Waals surface area (Å²) in [5, 5.41) is 12.4. The molecule has 2 rings (SSSR count). The number of carbonyl (C=O) groups excluding carboxylic acids is 1. The van der Waals surface area contributed by atoms with Gasteiger partial charge in [0, 0.05) is 12.4 Å². The van der Waals surface area contributed by atoms with Gasteiger partial charge in [-0.2, -0.15) is 0 Å². The Morgan fingerprint density at radius 1 is 1.62 bits per heavy atom. The molecule has 0 aromatic carbocycles. The number of aliphatic hydroxyl groups excluding tert-OH is 1. The summed E-state index contributed by atoms with van der Waals surface area (Å²) in [7, 11) is 0. The van der Waals surface area contributed by atoms with Crippen molar-refractivity contribution in [3.05, 3.63) is 29.0 Å². The van der Waals surface area contributed by atoms with Crippen LogP contribution >= 0.6 is 11.6 Å². The van der Waals surface area contributed by atoms with Gasteiger partial charge in [-0.25, -0.2) is 0 Å². The molecular weight excluding hydrogens is 228 g/mol. The summed E-state index contributed by atoms with van der Waals surface area (Å²) >= 11 is 5.89. The van der Waals surface area contributed by atoms with Crippen molar-refractivity contribution in [1.29, 1.82) is 0 Å². The fourth-order valence-corrected chi connectivity index (χ4v) is 1.97. The number of aromatic nitrogens is 1. The first kappa shape index (κ1) is 11.4. The van der Waals surface area contributed by atoms with Crippen LogP contribution in [0.4, 0.5) is 0 Å². The number of hydrogen-bond donors (Lipinski definition) is 2. The van der Waals surface area contributed by atoms with E-state index in [0.29, 0.717) is 10.6 Å². The smallest absolute Gasteiger partial charge is 0.254 e. The first-order chi connectivity index (χ1) is 7.67. The van der Waals surface area contributed by atoms with Crippen molar-refractivity contribution in [2.75, 3.05) is 6.61 Å².